The number of imide groups is 1. The van der Waals surface area contributed by atoms with E-state index in [0.29, 0.717) is 31.8 Å². The molecule has 2 fully saturated rings. The van der Waals surface area contributed by atoms with Gasteiger partial charge in [-0.1, -0.05) is 27.7 Å². The molecule has 21 heavy (non-hydrogen) atoms. The smallest absolute Gasteiger partial charge is 0.325 e. The average molecular weight is 295 g/mol. The Morgan fingerprint density at radius 3 is 2.52 bits per heavy atom. The summed E-state index contributed by atoms with van der Waals surface area (Å²) in [5.41, 5.74) is 0. The van der Waals surface area contributed by atoms with Crippen molar-refractivity contribution in [2.45, 2.75) is 52.6 Å². The number of nitrogens with one attached hydrogen (secondary N) is 1. The predicted molar refractivity (Wildman–Crippen MR) is 78.4 cm³/mol. The lowest BCUT2D eigenvalue weighted by molar-refractivity contribution is -0.134. The van der Waals surface area contributed by atoms with E-state index in [4.69, 9.17) is 0 Å². The predicted octanol–water partition coefficient (Wildman–Crippen LogP) is 1.21. The van der Waals surface area contributed by atoms with Crippen molar-refractivity contribution in [1.29, 1.82) is 0 Å². The summed E-state index contributed by atoms with van der Waals surface area (Å²) in [7, 11) is 0. The lowest BCUT2D eigenvalue weighted by atomic mass is 10.0. The van der Waals surface area contributed by atoms with Crippen LogP contribution in [0.4, 0.5) is 4.79 Å². The summed E-state index contributed by atoms with van der Waals surface area (Å²) in [5, 5.41) is 2.76. The van der Waals surface area contributed by atoms with Gasteiger partial charge >= 0.3 is 6.03 Å². The Labute approximate surface area is 125 Å². The Bertz CT molecular complexity index is 447. The topological polar surface area (TPSA) is 69.7 Å². The minimum Gasteiger partial charge on any atom is -0.340 e. The summed E-state index contributed by atoms with van der Waals surface area (Å²) in [6, 6.07) is -0.904. The van der Waals surface area contributed by atoms with Gasteiger partial charge < -0.3 is 10.2 Å². The van der Waals surface area contributed by atoms with Crippen LogP contribution in [-0.2, 0) is 9.59 Å². The number of hydrogen-bond acceptors (Lipinski definition) is 3. The molecule has 2 aliphatic heterocycles. The number of hydrogen-bond donors (Lipinski definition) is 1. The van der Waals surface area contributed by atoms with Crippen LogP contribution in [0.5, 0.6) is 0 Å². The number of amides is 4. The Balaban J connectivity index is 2.01. The summed E-state index contributed by atoms with van der Waals surface area (Å²) in [6.07, 6.45) is 1.33. The van der Waals surface area contributed by atoms with Gasteiger partial charge in [0.15, 0.2) is 0 Å². The highest BCUT2D eigenvalue weighted by atomic mass is 16.2. The lowest BCUT2D eigenvalue weighted by Crippen LogP contribution is -2.43. The van der Waals surface area contributed by atoms with Crippen molar-refractivity contribution in [3.8, 4) is 0 Å². The summed E-state index contributed by atoms with van der Waals surface area (Å²) < 4.78 is 0. The molecule has 0 aliphatic carbocycles. The molecular weight excluding hydrogens is 270 g/mol. The van der Waals surface area contributed by atoms with E-state index in [9.17, 15) is 14.4 Å². The molecule has 0 aromatic rings. The molecule has 0 bridgehead atoms. The lowest BCUT2D eigenvalue weighted by Gasteiger charge is -2.23. The first-order valence-corrected chi connectivity index (χ1v) is 7.73. The molecule has 2 aliphatic rings. The van der Waals surface area contributed by atoms with Crippen LogP contribution in [0.15, 0.2) is 0 Å². The highest BCUT2D eigenvalue weighted by Gasteiger charge is 2.44. The number of carbonyl (C=O) groups is 3. The van der Waals surface area contributed by atoms with Gasteiger partial charge in [0.1, 0.15) is 6.04 Å². The van der Waals surface area contributed by atoms with Crippen molar-refractivity contribution in [3.05, 3.63) is 0 Å². The Hall–Kier alpha value is -1.59. The van der Waals surface area contributed by atoms with Gasteiger partial charge in [-0.15, -0.1) is 0 Å². The van der Waals surface area contributed by atoms with Crippen LogP contribution in [0.25, 0.3) is 0 Å². The molecule has 0 radical (unpaired) electrons. The third-order valence-corrected chi connectivity index (χ3v) is 4.09. The van der Waals surface area contributed by atoms with Crippen LogP contribution in [0.3, 0.4) is 0 Å². The number of nitrogens with zero attached hydrogens (tertiary/aromatic N) is 2. The third-order valence-electron chi connectivity index (χ3n) is 4.09. The van der Waals surface area contributed by atoms with Gasteiger partial charge in [-0.2, -0.15) is 0 Å². The molecule has 1 N–H and O–H groups in total. The summed E-state index contributed by atoms with van der Waals surface area (Å²) in [4.78, 5) is 39.5. The van der Waals surface area contributed by atoms with E-state index in [1.165, 1.54) is 4.90 Å². The van der Waals surface area contributed by atoms with E-state index in [1.54, 1.807) is 4.90 Å². The van der Waals surface area contributed by atoms with Gasteiger partial charge in [0, 0.05) is 19.0 Å². The maximum atomic E-state index is 12.4. The molecule has 2 saturated heterocycles. The van der Waals surface area contributed by atoms with Crippen molar-refractivity contribution >= 4 is 17.8 Å². The monoisotopic (exact) mass is 295 g/mol. The van der Waals surface area contributed by atoms with E-state index in [2.05, 4.69) is 5.32 Å². The van der Waals surface area contributed by atoms with Crippen molar-refractivity contribution in [1.82, 2.24) is 15.1 Å². The molecular formula is C15H25N3O3. The minimum atomic E-state index is -0.410. The van der Waals surface area contributed by atoms with Gasteiger partial charge in [-0.3, -0.25) is 14.5 Å². The largest absolute Gasteiger partial charge is 0.340 e. The SMILES string of the molecule is CC(C)C[C@@H]1NC(=O)N(C2CCN(C(=O)C(C)C)C2)C1=O. The minimum absolute atomic E-state index is 0.0551. The third kappa shape index (κ3) is 3.19. The van der Waals surface area contributed by atoms with Crippen LogP contribution in [0, 0.1) is 11.8 Å². The molecule has 2 rings (SSSR count). The highest BCUT2D eigenvalue weighted by Crippen LogP contribution is 2.23. The van der Waals surface area contributed by atoms with E-state index in [0.717, 1.165) is 0 Å². The Morgan fingerprint density at radius 2 is 1.95 bits per heavy atom. The fourth-order valence-electron chi connectivity index (χ4n) is 3.04. The zero-order valence-corrected chi connectivity index (χ0v) is 13.3. The molecule has 2 atom stereocenters. The second-order valence-electron chi connectivity index (χ2n) is 6.72. The molecule has 2 heterocycles. The van der Waals surface area contributed by atoms with Crippen LogP contribution in [0.1, 0.15) is 40.5 Å². The fourth-order valence-corrected chi connectivity index (χ4v) is 3.04. The van der Waals surface area contributed by atoms with Crippen molar-refractivity contribution in [2.75, 3.05) is 13.1 Å². The fraction of sp³-hybridized carbons (Fsp3) is 0.800. The van der Waals surface area contributed by atoms with Gasteiger partial charge in [0.25, 0.3) is 5.91 Å². The van der Waals surface area contributed by atoms with Gasteiger partial charge in [-0.25, -0.2) is 4.79 Å². The maximum Gasteiger partial charge on any atom is 0.325 e. The molecule has 0 saturated carbocycles. The zero-order chi connectivity index (χ0) is 15.7. The van der Waals surface area contributed by atoms with Crippen LogP contribution >= 0.6 is 0 Å². The zero-order valence-electron chi connectivity index (χ0n) is 13.3. The first-order chi connectivity index (χ1) is 9.81. The summed E-state index contributed by atoms with van der Waals surface area (Å²) in [6.45, 7) is 8.86. The van der Waals surface area contributed by atoms with Crippen molar-refractivity contribution in [2.24, 2.45) is 11.8 Å². The van der Waals surface area contributed by atoms with E-state index >= 15 is 0 Å². The molecule has 1 unspecified atom stereocenters. The summed E-state index contributed by atoms with van der Waals surface area (Å²) >= 11 is 0. The van der Waals surface area contributed by atoms with Crippen LogP contribution < -0.4 is 5.32 Å². The molecule has 0 aromatic heterocycles. The average Bonchev–Trinajstić information content (AvgIpc) is 2.94. The molecule has 0 spiro atoms. The van der Waals surface area contributed by atoms with E-state index in [1.807, 2.05) is 27.7 Å². The van der Waals surface area contributed by atoms with E-state index < -0.39 is 6.04 Å². The van der Waals surface area contributed by atoms with Crippen LogP contribution in [-0.4, -0.2) is 52.8 Å². The number of carbonyl (C=O) groups excluding carboxylic acids is 3. The van der Waals surface area contributed by atoms with Gasteiger partial charge in [0.05, 0.1) is 6.04 Å². The molecule has 0 aromatic carbocycles. The second-order valence-corrected chi connectivity index (χ2v) is 6.72. The molecule has 6 heteroatoms. The standard InChI is InChI=1S/C15H25N3O3/c1-9(2)7-12-14(20)18(15(21)16-12)11-5-6-17(8-11)13(19)10(3)4/h9-12H,5-8H2,1-4H3,(H,16,21)/t11?,12-/m0/s1. The molecule has 118 valence electrons. The molecule has 4 amide bonds. The van der Waals surface area contributed by atoms with Gasteiger partial charge in [-0.05, 0) is 18.8 Å². The Kier molecular flexibility index (Phi) is 4.54. The van der Waals surface area contributed by atoms with Gasteiger partial charge in [0.2, 0.25) is 5.91 Å². The number of rotatable bonds is 4. The molecule has 6 nitrogen and oxygen atoms in total. The second kappa shape index (κ2) is 6.03. The first-order valence-electron chi connectivity index (χ1n) is 7.73. The van der Waals surface area contributed by atoms with Crippen molar-refractivity contribution in [3.63, 3.8) is 0 Å². The van der Waals surface area contributed by atoms with Crippen molar-refractivity contribution < 1.29 is 14.4 Å². The van der Waals surface area contributed by atoms with E-state index in [-0.39, 0.29) is 29.8 Å². The number of likely N-dealkylation sites (tertiary alicyclic amines) is 1. The Morgan fingerprint density at radius 1 is 1.29 bits per heavy atom. The number of urea groups is 1. The first kappa shape index (κ1) is 15.8. The quantitative estimate of drug-likeness (QED) is 0.793. The van der Waals surface area contributed by atoms with Crippen LogP contribution in [0.2, 0.25) is 0 Å². The highest BCUT2D eigenvalue weighted by molar-refractivity contribution is 6.04. The normalized spacial score (nSPS) is 26.2. The maximum absolute atomic E-state index is 12.4. The summed E-state index contributed by atoms with van der Waals surface area (Å²) in [5.74, 6) is 0.239.